The van der Waals surface area contributed by atoms with Gasteiger partial charge in [-0.15, -0.1) is 11.3 Å². The monoisotopic (exact) mass is 207 g/mol. The number of fused-ring (bicyclic) bond motifs is 1. The van der Waals surface area contributed by atoms with E-state index in [2.05, 4.69) is 18.0 Å². The van der Waals surface area contributed by atoms with Crippen LogP contribution in [0.2, 0.25) is 0 Å². The summed E-state index contributed by atoms with van der Waals surface area (Å²) in [5.41, 5.74) is 2.85. The summed E-state index contributed by atoms with van der Waals surface area (Å²) in [6, 6.07) is 6.07. The van der Waals surface area contributed by atoms with Gasteiger partial charge in [-0.2, -0.15) is 0 Å². The van der Waals surface area contributed by atoms with E-state index in [0.29, 0.717) is 0 Å². The molecular formula is C11H13NOS. The van der Waals surface area contributed by atoms with Gasteiger partial charge in [0.05, 0.1) is 16.8 Å². The van der Waals surface area contributed by atoms with Gasteiger partial charge in [-0.3, -0.25) is 0 Å². The average Bonchev–Trinajstić information content (AvgIpc) is 2.67. The van der Waals surface area contributed by atoms with Crippen molar-refractivity contribution in [3.63, 3.8) is 0 Å². The molecule has 1 aromatic heterocycles. The van der Waals surface area contributed by atoms with Crippen LogP contribution in [0.3, 0.4) is 0 Å². The Bertz CT molecular complexity index is 410. The highest BCUT2D eigenvalue weighted by Crippen LogP contribution is 2.26. The number of hydrogen-bond acceptors (Lipinski definition) is 3. The molecule has 0 amide bonds. The van der Waals surface area contributed by atoms with Crippen LogP contribution in [0.1, 0.15) is 19.8 Å². The lowest BCUT2D eigenvalue weighted by Crippen LogP contribution is -1.96. The van der Waals surface area contributed by atoms with E-state index in [1.54, 1.807) is 11.3 Å². The van der Waals surface area contributed by atoms with Crippen LogP contribution in [0.15, 0.2) is 23.7 Å². The van der Waals surface area contributed by atoms with Gasteiger partial charge in [-0.05, 0) is 18.6 Å². The standard InChI is InChI=1S/C11H13NOS/c1-2-3-7-13-9-5-4-6-10-11(9)12-8-14-10/h4-6,8H,2-3,7H2,1H3. The average molecular weight is 207 g/mol. The number of ether oxygens (including phenoxy) is 1. The summed E-state index contributed by atoms with van der Waals surface area (Å²) < 4.78 is 6.86. The number of para-hydroxylation sites is 1. The molecule has 2 aromatic rings. The first kappa shape index (κ1) is 9.46. The Labute approximate surface area is 87.5 Å². The zero-order valence-corrected chi connectivity index (χ0v) is 9.01. The molecule has 0 N–H and O–H groups in total. The van der Waals surface area contributed by atoms with Crippen molar-refractivity contribution < 1.29 is 4.74 Å². The fraction of sp³-hybridized carbons (Fsp3) is 0.364. The van der Waals surface area contributed by atoms with Gasteiger partial charge in [0.25, 0.3) is 0 Å². The second-order valence-electron chi connectivity index (χ2n) is 3.16. The highest BCUT2D eigenvalue weighted by molar-refractivity contribution is 7.16. The number of thiazole rings is 1. The van der Waals surface area contributed by atoms with Gasteiger partial charge >= 0.3 is 0 Å². The first-order chi connectivity index (χ1) is 6.92. The Kier molecular flexibility index (Phi) is 2.99. The van der Waals surface area contributed by atoms with Crippen molar-refractivity contribution in [2.24, 2.45) is 0 Å². The zero-order chi connectivity index (χ0) is 9.80. The molecule has 2 nitrogen and oxygen atoms in total. The minimum Gasteiger partial charge on any atom is -0.491 e. The predicted molar refractivity (Wildman–Crippen MR) is 60.0 cm³/mol. The molecule has 0 saturated carbocycles. The molecule has 1 aromatic carbocycles. The molecule has 0 spiro atoms. The molecule has 0 bridgehead atoms. The second-order valence-corrected chi connectivity index (χ2v) is 4.04. The Morgan fingerprint density at radius 3 is 3.21 bits per heavy atom. The van der Waals surface area contributed by atoms with Crippen LogP contribution in [-0.2, 0) is 0 Å². The van der Waals surface area contributed by atoms with E-state index in [-0.39, 0.29) is 0 Å². The van der Waals surface area contributed by atoms with E-state index in [1.807, 2.05) is 17.6 Å². The highest BCUT2D eigenvalue weighted by Gasteiger charge is 2.03. The highest BCUT2D eigenvalue weighted by atomic mass is 32.1. The molecule has 0 radical (unpaired) electrons. The maximum Gasteiger partial charge on any atom is 0.146 e. The fourth-order valence-electron chi connectivity index (χ4n) is 1.30. The Hall–Kier alpha value is -1.09. The molecule has 0 aliphatic carbocycles. The Morgan fingerprint density at radius 2 is 2.36 bits per heavy atom. The van der Waals surface area contributed by atoms with Crippen molar-refractivity contribution >= 4 is 21.6 Å². The molecule has 0 saturated heterocycles. The van der Waals surface area contributed by atoms with Gasteiger partial charge in [0.15, 0.2) is 0 Å². The molecule has 3 heteroatoms. The minimum absolute atomic E-state index is 0.785. The Morgan fingerprint density at radius 1 is 1.43 bits per heavy atom. The molecule has 2 rings (SSSR count). The SMILES string of the molecule is CCCCOc1cccc2scnc12. The van der Waals surface area contributed by atoms with Gasteiger partial charge in [0.1, 0.15) is 11.3 Å². The van der Waals surface area contributed by atoms with Gasteiger partial charge in [0, 0.05) is 0 Å². The van der Waals surface area contributed by atoms with Crippen LogP contribution in [0, 0.1) is 0 Å². The van der Waals surface area contributed by atoms with Crippen LogP contribution >= 0.6 is 11.3 Å². The number of benzene rings is 1. The van der Waals surface area contributed by atoms with E-state index in [0.717, 1.165) is 30.7 Å². The van der Waals surface area contributed by atoms with Gasteiger partial charge in [0.2, 0.25) is 0 Å². The van der Waals surface area contributed by atoms with E-state index in [4.69, 9.17) is 4.74 Å². The first-order valence-corrected chi connectivity index (χ1v) is 5.75. The van der Waals surface area contributed by atoms with Crippen molar-refractivity contribution in [1.29, 1.82) is 0 Å². The van der Waals surface area contributed by atoms with E-state index < -0.39 is 0 Å². The number of unbranched alkanes of at least 4 members (excludes halogenated alkanes) is 1. The third kappa shape index (κ3) is 1.87. The minimum atomic E-state index is 0.785. The largest absolute Gasteiger partial charge is 0.491 e. The summed E-state index contributed by atoms with van der Waals surface area (Å²) in [5, 5.41) is 0. The molecule has 74 valence electrons. The lowest BCUT2D eigenvalue weighted by Gasteiger charge is -2.04. The lowest BCUT2D eigenvalue weighted by molar-refractivity contribution is 0.312. The zero-order valence-electron chi connectivity index (χ0n) is 8.19. The fourth-order valence-corrected chi connectivity index (χ4v) is 2.00. The second kappa shape index (κ2) is 4.42. The molecule has 0 atom stereocenters. The number of nitrogens with zero attached hydrogens (tertiary/aromatic N) is 1. The quantitative estimate of drug-likeness (QED) is 0.716. The van der Waals surface area contributed by atoms with Crippen molar-refractivity contribution in [3.8, 4) is 5.75 Å². The third-order valence-electron chi connectivity index (χ3n) is 2.08. The normalized spacial score (nSPS) is 10.6. The summed E-state index contributed by atoms with van der Waals surface area (Å²) in [4.78, 5) is 4.29. The lowest BCUT2D eigenvalue weighted by atomic mass is 10.3. The Balaban J connectivity index is 2.19. The number of hydrogen-bond donors (Lipinski definition) is 0. The summed E-state index contributed by atoms with van der Waals surface area (Å²) >= 11 is 1.65. The van der Waals surface area contributed by atoms with Crippen molar-refractivity contribution in [3.05, 3.63) is 23.7 Å². The maximum atomic E-state index is 5.66. The van der Waals surface area contributed by atoms with Crippen LogP contribution < -0.4 is 4.74 Å². The van der Waals surface area contributed by atoms with Crippen LogP contribution in [0.5, 0.6) is 5.75 Å². The summed E-state index contributed by atoms with van der Waals surface area (Å²) in [6.45, 7) is 2.94. The molecule has 1 heterocycles. The molecule has 0 unspecified atom stereocenters. The topological polar surface area (TPSA) is 22.1 Å². The molecule has 0 aliphatic heterocycles. The number of aromatic nitrogens is 1. The predicted octanol–water partition coefficient (Wildman–Crippen LogP) is 3.48. The smallest absolute Gasteiger partial charge is 0.146 e. The number of rotatable bonds is 4. The van der Waals surface area contributed by atoms with Crippen LogP contribution in [0.25, 0.3) is 10.2 Å². The molecule has 0 fully saturated rings. The van der Waals surface area contributed by atoms with Gasteiger partial charge in [-0.25, -0.2) is 4.98 Å². The molecule has 14 heavy (non-hydrogen) atoms. The van der Waals surface area contributed by atoms with Crippen molar-refractivity contribution in [1.82, 2.24) is 4.98 Å². The van der Waals surface area contributed by atoms with E-state index >= 15 is 0 Å². The summed E-state index contributed by atoms with van der Waals surface area (Å²) in [6.07, 6.45) is 2.26. The summed E-state index contributed by atoms with van der Waals surface area (Å²) in [5.74, 6) is 0.914. The summed E-state index contributed by atoms with van der Waals surface area (Å²) in [7, 11) is 0. The third-order valence-corrected chi connectivity index (χ3v) is 2.87. The van der Waals surface area contributed by atoms with Crippen LogP contribution in [0.4, 0.5) is 0 Å². The van der Waals surface area contributed by atoms with E-state index in [1.165, 1.54) is 4.70 Å². The molecular weight excluding hydrogens is 194 g/mol. The van der Waals surface area contributed by atoms with Crippen LogP contribution in [-0.4, -0.2) is 11.6 Å². The van der Waals surface area contributed by atoms with E-state index in [9.17, 15) is 0 Å². The van der Waals surface area contributed by atoms with Crippen molar-refractivity contribution in [2.45, 2.75) is 19.8 Å². The maximum absolute atomic E-state index is 5.66. The molecule has 0 aliphatic rings. The van der Waals surface area contributed by atoms with Gasteiger partial charge < -0.3 is 4.74 Å². The van der Waals surface area contributed by atoms with Crippen molar-refractivity contribution in [2.75, 3.05) is 6.61 Å². The van der Waals surface area contributed by atoms with Gasteiger partial charge in [-0.1, -0.05) is 19.4 Å². The first-order valence-electron chi connectivity index (χ1n) is 4.87.